The van der Waals surface area contributed by atoms with Crippen molar-refractivity contribution in [2.75, 3.05) is 0 Å². The minimum absolute atomic E-state index is 0.0563. The Morgan fingerprint density at radius 1 is 1.29 bits per heavy atom. The molecule has 0 bridgehead atoms. The number of halogens is 1. The summed E-state index contributed by atoms with van der Waals surface area (Å²) in [7, 11) is 0. The Labute approximate surface area is 170 Å². The minimum atomic E-state index is 0.0563. The quantitative estimate of drug-likeness (QED) is 0.539. The zero-order valence-electron chi connectivity index (χ0n) is 16.0. The van der Waals surface area contributed by atoms with Gasteiger partial charge in [0, 0.05) is 10.9 Å². The predicted molar refractivity (Wildman–Crippen MR) is 112 cm³/mol. The minimum Gasteiger partial charge on any atom is -0.489 e. The summed E-state index contributed by atoms with van der Waals surface area (Å²) in [4.78, 5) is 12.5. The highest BCUT2D eigenvalue weighted by molar-refractivity contribution is 6.30. The second kappa shape index (κ2) is 7.96. The van der Waals surface area contributed by atoms with Gasteiger partial charge in [0.2, 0.25) is 5.91 Å². The Morgan fingerprint density at radius 2 is 2.11 bits per heavy atom. The molecule has 0 radical (unpaired) electrons. The number of rotatable bonds is 6. The topological polar surface area (TPSA) is 50.7 Å². The van der Waals surface area contributed by atoms with E-state index in [9.17, 15) is 4.79 Å². The maximum atomic E-state index is 12.5. The number of fused-ring (bicyclic) bond motifs is 1. The van der Waals surface area contributed by atoms with Crippen LogP contribution in [-0.4, -0.2) is 12.1 Å². The van der Waals surface area contributed by atoms with Crippen molar-refractivity contribution in [1.82, 2.24) is 5.43 Å². The first-order valence-electron chi connectivity index (χ1n) is 9.86. The normalized spacial score (nSPS) is 25.9. The van der Waals surface area contributed by atoms with Crippen molar-refractivity contribution in [1.29, 1.82) is 0 Å². The van der Waals surface area contributed by atoms with Crippen LogP contribution >= 0.6 is 11.6 Å². The molecule has 2 saturated carbocycles. The average molecular weight is 397 g/mol. The van der Waals surface area contributed by atoms with Gasteiger partial charge in [-0.1, -0.05) is 55.6 Å². The molecule has 5 heteroatoms. The molecule has 0 heterocycles. The standard InChI is InChI=1S/C23H25ClN2O2/c1-23-12-3-2-7-20(23)21(23)22(27)26-25-14-17-5-4-6-19(13-17)28-15-16-8-10-18(24)11-9-16/h4-6,8-11,13-14,20-21H,2-3,7,12,15H2,1H3,(H,26,27)/b25-14-/t20-,21-,23+/m1/s1. The molecule has 1 amide bonds. The van der Waals surface area contributed by atoms with Crippen molar-refractivity contribution >= 4 is 23.7 Å². The van der Waals surface area contributed by atoms with E-state index in [4.69, 9.17) is 16.3 Å². The van der Waals surface area contributed by atoms with Crippen molar-refractivity contribution in [3.05, 3.63) is 64.7 Å². The van der Waals surface area contributed by atoms with Crippen LogP contribution in [0.3, 0.4) is 0 Å². The van der Waals surface area contributed by atoms with E-state index < -0.39 is 0 Å². The average Bonchev–Trinajstić information content (AvgIpc) is 3.33. The number of carbonyl (C=O) groups excluding carboxylic acids is 1. The summed E-state index contributed by atoms with van der Waals surface area (Å²) < 4.78 is 5.83. The lowest BCUT2D eigenvalue weighted by Gasteiger charge is -2.15. The van der Waals surface area contributed by atoms with Crippen LogP contribution in [0.4, 0.5) is 0 Å². The van der Waals surface area contributed by atoms with Crippen LogP contribution in [-0.2, 0) is 11.4 Å². The van der Waals surface area contributed by atoms with Crippen LogP contribution in [0.1, 0.15) is 43.7 Å². The molecule has 2 aliphatic rings. The number of benzene rings is 2. The molecule has 28 heavy (non-hydrogen) atoms. The molecule has 0 aromatic heterocycles. The van der Waals surface area contributed by atoms with Crippen molar-refractivity contribution in [3.63, 3.8) is 0 Å². The van der Waals surface area contributed by atoms with Crippen LogP contribution in [0.5, 0.6) is 5.75 Å². The SMILES string of the molecule is C[C@]12CCCC[C@@H]1[C@@H]2C(=O)N/N=C\c1cccc(OCc2ccc(Cl)cc2)c1. The van der Waals surface area contributed by atoms with Crippen LogP contribution < -0.4 is 10.2 Å². The number of hydrogen-bond donors (Lipinski definition) is 1. The first-order valence-corrected chi connectivity index (χ1v) is 10.2. The van der Waals surface area contributed by atoms with Gasteiger partial charge in [0.15, 0.2) is 0 Å². The van der Waals surface area contributed by atoms with Crippen LogP contribution in [0.25, 0.3) is 0 Å². The van der Waals surface area contributed by atoms with Crippen molar-refractivity contribution in [2.24, 2.45) is 22.4 Å². The zero-order valence-corrected chi connectivity index (χ0v) is 16.8. The first kappa shape index (κ1) is 19.0. The molecular formula is C23H25ClN2O2. The van der Waals surface area contributed by atoms with Gasteiger partial charge in [-0.3, -0.25) is 4.79 Å². The molecule has 2 aromatic rings. The molecule has 2 fully saturated rings. The summed E-state index contributed by atoms with van der Waals surface area (Å²) in [6.45, 7) is 2.71. The van der Waals surface area contributed by atoms with Crippen molar-refractivity contribution in [3.8, 4) is 5.75 Å². The molecule has 2 aliphatic carbocycles. The maximum Gasteiger partial charge on any atom is 0.244 e. The molecule has 4 rings (SSSR count). The van der Waals surface area contributed by atoms with Gasteiger partial charge in [0.25, 0.3) is 0 Å². The number of carbonyl (C=O) groups is 1. The van der Waals surface area contributed by atoms with E-state index in [1.807, 2.05) is 48.5 Å². The monoisotopic (exact) mass is 396 g/mol. The van der Waals surface area contributed by atoms with Gasteiger partial charge in [-0.25, -0.2) is 5.43 Å². The fourth-order valence-electron chi connectivity index (χ4n) is 4.52. The number of amides is 1. The fourth-order valence-corrected chi connectivity index (χ4v) is 4.65. The molecular weight excluding hydrogens is 372 g/mol. The molecule has 4 nitrogen and oxygen atoms in total. The van der Waals surface area contributed by atoms with Crippen molar-refractivity contribution in [2.45, 2.75) is 39.2 Å². The van der Waals surface area contributed by atoms with E-state index in [2.05, 4.69) is 17.5 Å². The zero-order chi connectivity index (χ0) is 19.6. The molecule has 3 atom stereocenters. The molecule has 0 aliphatic heterocycles. The molecule has 0 spiro atoms. The third-order valence-electron chi connectivity index (χ3n) is 6.18. The summed E-state index contributed by atoms with van der Waals surface area (Å²) in [5.41, 5.74) is 4.87. The Balaban J connectivity index is 1.30. The Kier molecular flexibility index (Phi) is 5.40. The van der Waals surface area contributed by atoms with Crippen LogP contribution in [0.2, 0.25) is 5.02 Å². The number of ether oxygens (including phenoxy) is 1. The summed E-state index contributed by atoms with van der Waals surface area (Å²) >= 11 is 5.90. The number of nitrogens with one attached hydrogen (secondary N) is 1. The second-order valence-electron chi connectivity index (χ2n) is 8.06. The lowest BCUT2D eigenvalue weighted by atomic mass is 9.90. The summed E-state index contributed by atoms with van der Waals surface area (Å²) in [5, 5.41) is 4.88. The highest BCUT2D eigenvalue weighted by Crippen LogP contribution is 2.66. The van der Waals surface area contributed by atoms with Gasteiger partial charge in [-0.05, 0) is 59.6 Å². The van der Waals surface area contributed by atoms with Crippen LogP contribution in [0.15, 0.2) is 53.6 Å². The van der Waals surface area contributed by atoms with E-state index in [1.54, 1.807) is 6.21 Å². The van der Waals surface area contributed by atoms with Gasteiger partial charge in [-0.2, -0.15) is 5.10 Å². The van der Waals surface area contributed by atoms with Gasteiger partial charge >= 0.3 is 0 Å². The molecule has 0 saturated heterocycles. The van der Waals surface area contributed by atoms with E-state index >= 15 is 0 Å². The van der Waals surface area contributed by atoms with E-state index in [-0.39, 0.29) is 17.2 Å². The molecule has 2 aromatic carbocycles. The third kappa shape index (κ3) is 4.07. The van der Waals surface area contributed by atoms with E-state index in [1.165, 1.54) is 19.3 Å². The third-order valence-corrected chi connectivity index (χ3v) is 6.43. The molecule has 1 N–H and O–H groups in total. The predicted octanol–water partition coefficient (Wildman–Crippen LogP) is 5.20. The molecule has 146 valence electrons. The van der Waals surface area contributed by atoms with Gasteiger partial charge < -0.3 is 4.74 Å². The van der Waals surface area contributed by atoms with Gasteiger partial charge in [0.1, 0.15) is 12.4 Å². The maximum absolute atomic E-state index is 12.5. The van der Waals surface area contributed by atoms with E-state index in [0.29, 0.717) is 17.5 Å². The smallest absolute Gasteiger partial charge is 0.244 e. The Morgan fingerprint density at radius 3 is 2.86 bits per heavy atom. The second-order valence-corrected chi connectivity index (χ2v) is 8.49. The Bertz CT molecular complexity index is 880. The van der Waals surface area contributed by atoms with Gasteiger partial charge in [0.05, 0.1) is 6.21 Å². The lowest BCUT2D eigenvalue weighted by molar-refractivity contribution is -0.123. The van der Waals surface area contributed by atoms with Gasteiger partial charge in [-0.15, -0.1) is 0 Å². The highest BCUT2D eigenvalue weighted by atomic mass is 35.5. The summed E-state index contributed by atoms with van der Waals surface area (Å²) in [6.07, 6.45) is 6.48. The fraction of sp³-hybridized carbons (Fsp3) is 0.391. The number of hydrogen-bond acceptors (Lipinski definition) is 3. The number of nitrogens with zero attached hydrogens (tertiary/aromatic N) is 1. The Hall–Kier alpha value is -2.33. The largest absolute Gasteiger partial charge is 0.489 e. The highest BCUT2D eigenvalue weighted by Gasteiger charge is 2.64. The van der Waals surface area contributed by atoms with Crippen LogP contribution in [0, 0.1) is 17.3 Å². The summed E-state index contributed by atoms with van der Waals surface area (Å²) in [5.74, 6) is 1.48. The lowest BCUT2D eigenvalue weighted by Crippen LogP contribution is -2.22. The molecule has 0 unspecified atom stereocenters. The summed E-state index contributed by atoms with van der Waals surface area (Å²) in [6, 6.07) is 15.2. The van der Waals surface area contributed by atoms with Crippen molar-refractivity contribution < 1.29 is 9.53 Å². The van der Waals surface area contributed by atoms with E-state index in [0.717, 1.165) is 23.3 Å². The number of hydrazone groups is 1. The first-order chi connectivity index (χ1) is 13.6.